The average molecular weight is 364 g/mol. The number of piperidine rings is 1. The van der Waals surface area contributed by atoms with Gasteiger partial charge in [0.05, 0.1) is 6.10 Å². The van der Waals surface area contributed by atoms with Crippen molar-refractivity contribution in [2.75, 3.05) is 40.0 Å². The van der Waals surface area contributed by atoms with E-state index >= 15 is 0 Å². The van der Waals surface area contributed by atoms with Gasteiger partial charge >= 0.3 is 0 Å². The van der Waals surface area contributed by atoms with Gasteiger partial charge in [0, 0.05) is 52.9 Å². The molecule has 1 aromatic rings. The molecule has 0 radical (unpaired) electrons. The quantitative estimate of drug-likeness (QED) is 0.463. The van der Waals surface area contributed by atoms with Crippen LogP contribution in [0, 0.1) is 12.8 Å². The molecule has 2 aliphatic heterocycles. The zero-order valence-electron chi connectivity index (χ0n) is 16.3. The molecular formula is C18H32N6O2. The number of likely N-dealkylation sites (tertiary alicyclic amines) is 1. The van der Waals surface area contributed by atoms with Crippen molar-refractivity contribution in [2.45, 2.75) is 45.3 Å². The van der Waals surface area contributed by atoms with E-state index in [1.54, 1.807) is 7.11 Å². The number of guanidine groups is 1. The van der Waals surface area contributed by atoms with E-state index in [1.165, 1.54) is 12.8 Å². The standard InChI is InChI=1S/C18H32N6O2/c1-14-21-22-17(23(14)2)12-20-18(19-8-5-10-25-3)24-9-7-16-15(13-24)6-4-11-26-16/h15-16H,4-13H2,1-3H3,(H,19,20). The molecule has 26 heavy (non-hydrogen) atoms. The van der Waals surface area contributed by atoms with Crippen molar-refractivity contribution in [3.05, 3.63) is 11.6 Å². The van der Waals surface area contributed by atoms with Gasteiger partial charge in [-0.15, -0.1) is 10.2 Å². The van der Waals surface area contributed by atoms with Gasteiger partial charge < -0.3 is 24.3 Å². The summed E-state index contributed by atoms with van der Waals surface area (Å²) in [5.74, 6) is 3.37. The van der Waals surface area contributed by atoms with E-state index in [1.807, 2.05) is 18.5 Å². The summed E-state index contributed by atoms with van der Waals surface area (Å²) >= 11 is 0. The van der Waals surface area contributed by atoms with E-state index in [-0.39, 0.29) is 0 Å². The number of hydrogen-bond acceptors (Lipinski definition) is 5. The fraction of sp³-hybridized carbons (Fsp3) is 0.833. The van der Waals surface area contributed by atoms with E-state index in [2.05, 4.69) is 20.4 Å². The molecule has 3 rings (SSSR count). The van der Waals surface area contributed by atoms with Crippen LogP contribution in [0.15, 0.2) is 4.99 Å². The highest BCUT2D eigenvalue weighted by Gasteiger charge is 2.33. The van der Waals surface area contributed by atoms with E-state index < -0.39 is 0 Å². The number of nitrogens with one attached hydrogen (secondary N) is 1. The molecule has 0 aliphatic carbocycles. The molecule has 0 bridgehead atoms. The Morgan fingerprint density at radius 3 is 3.04 bits per heavy atom. The van der Waals surface area contributed by atoms with Gasteiger partial charge in [-0.05, 0) is 32.6 Å². The van der Waals surface area contributed by atoms with Crippen molar-refractivity contribution >= 4 is 5.96 Å². The number of hydrogen-bond donors (Lipinski definition) is 1. The lowest BCUT2D eigenvalue weighted by atomic mass is 9.88. The second-order valence-corrected chi connectivity index (χ2v) is 7.18. The van der Waals surface area contributed by atoms with E-state index in [9.17, 15) is 0 Å². The molecule has 0 spiro atoms. The van der Waals surface area contributed by atoms with Gasteiger partial charge in [-0.2, -0.15) is 0 Å². The van der Waals surface area contributed by atoms with Crippen molar-refractivity contribution in [2.24, 2.45) is 18.0 Å². The summed E-state index contributed by atoms with van der Waals surface area (Å²) in [5, 5.41) is 11.9. The van der Waals surface area contributed by atoms with Crippen molar-refractivity contribution in [1.29, 1.82) is 0 Å². The summed E-state index contributed by atoms with van der Waals surface area (Å²) in [7, 11) is 3.72. The molecule has 146 valence electrons. The Kier molecular flexibility index (Phi) is 6.85. The molecule has 2 saturated heterocycles. The van der Waals surface area contributed by atoms with Gasteiger partial charge in [-0.3, -0.25) is 0 Å². The van der Waals surface area contributed by atoms with E-state index in [0.717, 1.165) is 63.3 Å². The first kappa shape index (κ1) is 19.1. The Bertz CT molecular complexity index is 603. The molecule has 2 aliphatic rings. The highest BCUT2D eigenvalue weighted by molar-refractivity contribution is 5.80. The van der Waals surface area contributed by atoms with Crippen molar-refractivity contribution < 1.29 is 9.47 Å². The second kappa shape index (κ2) is 9.32. The minimum absolute atomic E-state index is 0.427. The highest BCUT2D eigenvalue weighted by Crippen LogP contribution is 2.28. The van der Waals surface area contributed by atoms with E-state index in [0.29, 0.717) is 18.6 Å². The minimum Gasteiger partial charge on any atom is -0.385 e. The van der Waals surface area contributed by atoms with Gasteiger partial charge in [-0.1, -0.05) is 0 Å². The largest absolute Gasteiger partial charge is 0.385 e. The molecule has 2 atom stereocenters. The molecule has 1 aromatic heterocycles. The van der Waals surface area contributed by atoms with E-state index in [4.69, 9.17) is 14.5 Å². The predicted molar refractivity (Wildman–Crippen MR) is 100 cm³/mol. The third-order valence-corrected chi connectivity index (χ3v) is 5.38. The average Bonchev–Trinajstić information content (AvgIpc) is 2.99. The lowest BCUT2D eigenvalue weighted by Gasteiger charge is -2.42. The SMILES string of the molecule is COCCCNC(=NCc1nnc(C)n1C)N1CCC2OCCCC2C1. The van der Waals surface area contributed by atoms with Crippen LogP contribution in [0.5, 0.6) is 0 Å². The summed E-state index contributed by atoms with van der Waals surface area (Å²) in [4.78, 5) is 7.23. The molecule has 3 heterocycles. The van der Waals surface area contributed by atoms with Crippen LogP contribution in [0.1, 0.15) is 37.3 Å². The first-order valence-corrected chi connectivity index (χ1v) is 9.67. The maximum Gasteiger partial charge on any atom is 0.194 e. The zero-order valence-corrected chi connectivity index (χ0v) is 16.3. The smallest absolute Gasteiger partial charge is 0.194 e. The number of aryl methyl sites for hydroxylation is 1. The minimum atomic E-state index is 0.427. The molecule has 2 unspecified atom stereocenters. The van der Waals surface area contributed by atoms with Gasteiger partial charge in [0.25, 0.3) is 0 Å². The first-order chi connectivity index (χ1) is 12.7. The fourth-order valence-electron chi connectivity index (χ4n) is 3.70. The van der Waals surface area contributed by atoms with Crippen LogP contribution in [-0.2, 0) is 23.1 Å². The number of methoxy groups -OCH3 is 1. The van der Waals surface area contributed by atoms with Crippen LogP contribution in [0.25, 0.3) is 0 Å². The van der Waals surface area contributed by atoms with Crippen molar-refractivity contribution in [3.63, 3.8) is 0 Å². The lowest BCUT2D eigenvalue weighted by Crippen LogP contribution is -2.52. The molecule has 0 amide bonds. The van der Waals surface area contributed by atoms with Crippen LogP contribution in [0.3, 0.4) is 0 Å². The Balaban J connectivity index is 1.65. The van der Waals surface area contributed by atoms with Gasteiger partial charge in [-0.25, -0.2) is 4.99 Å². The number of ether oxygens (including phenoxy) is 2. The Labute approximate surface area is 156 Å². The topological polar surface area (TPSA) is 76.8 Å². The maximum absolute atomic E-state index is 5.95. The molecule has 8 nitrogen and oxygen atoms in total. The predicted octanol–water partition coefficient (Wildman–Crippen LogP) is 1.11. The molecule has 1 N–H and O–H groups in total. The molecule has 8 heteroatoms. The van der Waals surface area contributed by atoms with Gasteiger partial charge in [0.2, 0.25) is 0 Å². The number of aromatic nitrogens is 3. The van der Waals surface area contributed by atoms with Crippen LogP contribution in [0.4, 0.5) is 0 Å². The first-order valence-electron chi connectivity index (χ1n) is 9.67. The molecular weight excluding hydrogens is 332 g/mol. The summed E-state index contributed by atoms with van der Waals surface area (Å²) < 4.78 is 13.1. The number of aliphatic imine (C=N–C) groups is 1. The number of fused-ring (bicyclic) bond motifs is 1. The maximum atomic E-state index is 5.95. The highest BCUT2D eigenvalue weighted by atomic mass is 16.5. The third kappa shape index (κ3) is 4.73. The van der Waals surface area contributed by atoms with Crippen LogP contribution in [-0.4, -0.2) is 71.7 Å². The summed E-state index contributed by atoms with van der Waals surface area (Å²) in [6, 6.07) is 0. The summed E-state index contributed by atoms with van der Waals surface area (Å²) in [5.41, 5.74) is 0. The summed E-state index contributed by atoms with van der Waals surface area (Å²) in [6.07, 6.45) is 4.88. The monoisotopic (exact) mass is 364 g/mol. The Hall–Kier alpha value is -1.67. The third-order valence-electron chi connectivity index (χ3n) is 5.38. The normalized spacial score (nSPS) is 23.8. The van der Waals surface area contributed by atoms with Gasteiger partial charge in [0.1, 0.15) is 12.4 Å². The number of nitrogens with zero attached hydrogens (tertiary/aromatic N) is 5. The molecule has 2 fully saturated rings. The van der Waals surface area contributed by atoms with Gasteiger partial charge in [0.15, 0.2) is 11.8 Å². The molecule has 0 aromatic carbocycles. The fourth-order valence-corrected chi connectivity index (χ4v) is 3.70. The van der Waals surface area contributed by atoms with Crippen molar-refractivity contribution in [3.8, 4) is 0 Å². The lowest BCUT2D eigenvalue weighted by molar-refractivity contribution is -0.0559. The zero-order chi connectivity index (χ0) is 18.4. The van der Waals surface area contributed by atoms with Crippen LogP contribution < -0.4 is 5.32 Å². The van der Waals surface area contributed by atoms with Crippen molar-refractivity contribution in [1.82, 2.24) is 25.0 Å². The Morgan fingerprint density at radius 1 is 1.38 bits per heavy atom. The Morgan fingerprint density at radius 2 is 2.27 bits per heavy atom. The summed E-state index contributed by atoms with van der Waals surface area (Å²) in [6.45, 7) is 7.01. The van der Waals surface area contributed by atoms with Crippen LogP contribution in [0.2, 0.25) is 0 Å². The molecule has 0 saturated carbocycles. The van der Waals surface area contributed by atoms with Crippen LogP contribution >= 0.6 is 0 Å². The second-order valence-electron chi connectivity index (χ2n) is 7.18. The number of rotatable bonds is 6.